The number of ether oxygens (including phenoxy) is 1. The van der Waals surface area contributed by atoms with Crippen molar-refractivity contribution < 1.29 is 9.84 Å². The minimum absolute atomic E-state index is 0.0575. The lowest BCUT2D eigenvalue weighted by Gasteiger charge is -2.30. The zero-order chi connectivity index (χ0) is 13.8. The van der Waals surface area contributed by atoms with Crippen molar-refractivity contribution in [2.75, 3.05) is 13.7 Å². The van der Waals surface area contributed by atoms with Crippen LogP contribution in [0.5, 0.6) is 5.75 Å². The number of methoxy groups -OCH3 is 1. The lowest BCUT2D eigenvalue weighted by atomic mass is 9.78. The number of nitrogens with zero attached hydrogens (tertiary/aromatic N) is 1. The van der Waals surface area contributed by atoms with E-state index in [0.29, 0.717) is 0 Å². The van der Waals surface area contributed by atoms with Crippen LogP contribution in [-0.2, 0) is 6.42 Å². The molecule has 0 aromatic carbocycles. The molecule has 0 radical (unpaired) electrons. The van der Waals surface area contributed by atoms with Gasteiger partial charge in [-0.25, -0.2) is 0 Å². The lowest BCUT2D eigenvalue weighted by Crippen LogP contribution is -2.27. The van der Waals surface area contributed by atoms with Crippen molar-refractivity contribution in [3.05, 3.63) is 23.0 Å². The molecule has 0 spiro atoms. The fourth-order valence-electron chi connectivity index (χ4n) is 2.38. The largest absolute Gasteiger partial charge is 0.496 e. The van der Waals surface area contributed by atoms with Gasteiger partial charge < -0.3 is 9.84 Å². The van der Waals surface area contributed by atoms with Gasteiger partial charge in [-0.15, -0.1) is 0 Å². The second-order valence-electron chi connectivity index (χ2n) is 5.09. The highest BCUT2D eigenvalue weighted by atomic mass is 16.5. The molecular weight excluding hydrogens is 226 g/mol. The standard InChI is InChI=1S/C15H25NO2/c1-6-15(7-2,10-17)8-13-12(4)14(18-5)11(3)9-16-13/h9,17H,6-8,10H2,1-5H3. The van der Waals surface area contributed by atoms with Crippen LogP contribution in [-0.4, -0.2) is 23.8 Å². The van der Waals surface area contributed by atoms with E-state index in [1.54, 1.807) is 7.11 Å². The number of aliphatic hydroxyl groups is 1. The fourth-order valence-corrected chi connectivity index (χ4v) is 2.38. The van der Waals surface area contributed by atoms with Crippen LogP contribution in [0.2, 0.25) is 0 Å². The number of pyridine rings is 1. The van der Waals surface area contributed by atoms with Gasteiger partial charge in [0.2, 0.25) is 0 Å². The Kier molecular flexibility index (Phi) is 5.15. The molecule has 0 amide bonds. The van der Waals surface area contributed by atoms with Crippen LogP contribution >= 0.6 is 0 Å². The van der Waals surface area contributed by atoms with Crippen LogP contribution in [0.1, 0.15) is 43.5 Å². The van der Waals surface area contributed by atoms with Crippen LogP contribution in [0.3, 0.4) is 0 Å². The Morgan fingerprint density at radius 2 is 1.89 bits per heavy atom. The molecule has 3 nitrogen and oxygen atoms in total. The van der Waals surface area contributed by atoms with E-state index in [9.17, 15) is 5.11 Å². The molecule has 3 heteroatoms. The van der Waals surface area contributed by atoms with Gasteiger partial charge in [-0.2, -0.15) is 0 Å². The van der Waals surface area contributed by atoms with E-state index in [-0.39, 0.29) is 12.0 Å². The first-order valence-corrected chi connectivity index (χ1v) is 6.63. The van der Waals surface area contributed by atoms with E-state index in [1.807, 2.05) is 20.0 Å². The molecule has 18 heavy (non-hydrogen) atoms. The summed E-state index contributed by atoms with van der Waals surface area (Å²) in [5, 5.41) is 9.65. The summed E-state index contributed by atoms with van der Waals surface area (Å²) in [5.41, 5.74) is 3.13. The number of aromatic nitrogens is 1. The van der Waals surface area contributed by atoms with Crippen molar-refractivity contribution in [3.63, 3.8) is 0 Å². The summed E-state index contributed by atoms with van der Waals surface area (Å²) >= 11 is 0. The number of hydrogen-bond donors (Lipinski definition) is 1. The van der Waals surface area contributed by atoms with Crippen molar-refractivity contribution in [3.8, 4) is 5.75 Å². The van der Waals surface area contributed by atoms with Crippen molar-refractivity contribution in [1.82, 2.24) is 4.98 Å². The maximum atomic E-state index is 9.65. The van der Waals surface area contributed by atoms with Crippen LogP contribution in [0.4, 0.5) is 0 Å². The van der Waals surface area contributed by atoms with Gasteiger partial charge in [0, 0.05) is 29.6 Å². The van der Waals surface area contributed by atoms with E-state index in [0.717, 1.165) is 41.8 Å². The summed E-state index contributed by atoms with van der Waals surface area (Å²) in [6.45, 7) is 8.50. The number of rotatable bonds is 6. The van der Waals surface area contributed by atoms with Gasteiger partial charge >= 0.3 is 0 Å². The van der Waals surface area contributed by atoms with E-state index in [4.69, 9.17) is 4.74 Å². The molecule has 1 aromatic heterocycles. The van der Waals surface area contributed by atoms with Crippen LogP contribution in [0.15, 0.2) is 6.20 Å². The minimum Gasteiger partial charge on any atom is -0.496 e. The highest BCUT2D eigenvalue weighted by Gasteiger charge is 2.27. The smallest absolute Gasteiger partial charge is 0.128 e. The van der Waals surface area contributed by atoms with Crippen LogP contribution < -0.4 is 4.74 Å². The minimum atomic E-state index is -0.0575. The summed E-state index contributed by atoms with van der Waals surface area (Å²) < 4.78 is 5.43. The molecule has 0 atom stereocenters. The summed E-state index contributed by atoms with van der Waals surface area (Å²) in [6.07, 6.45) is 4.57. The van der Waals surface area contributed by atoms with E-state index >= 15 is 0 Å². The molecule has 1 aromatic rings. The van der Waals surface area contributed by atoms with Gasteiger partial charge in [0.05, 0.1) is 7.11 Å². The van der Waals surface area contributed by atoms with Crippen LogP contribution in [0.25, 0.3) is 0 Å². The van der Waals surface area contributed by atoms with Gasteiger partial charge in [0.15, 0.2) is 0 Å². The van der Waals surface area contributed by atoms with Gasteiger partial charge in [0.1, 0.15) is 5.75 Å². The SMILES string of the molecule is CCC(CC)(CO)Cc1ncc(C)c(OC)c1C. The Morgan fingerprint density at radius 1 is 1.28 bits per heavy atom. The van der Waals surface area contributed by atoms with Gasteiger partial charge in [0.25, 0.3) is 0 Å². The molecule has 0 aliphatic heterocycles. The summed E-state index contributed by atoms with van der Waals surface area (Å²) in [6, 6.07) is 0. The highest BCUT2D eigenvalue weighted by Crippen LogP contribution is 2.33. The molecule has 1 N–H and O–H groups in total. The predicted molar refractivity (Wildman–Crippen MR) is 74.1 cm³/mol. The quantitative estimate of drug-likeness (QED) is 0.845. The average Bonchev–Trinajstić information content (AvgIpc) is 2.39. The Hall–Kier alpha value is -1.09. The first-order valence-electron chi connectivity index (χ1n) is 6.63. The lowest BCUT2D eigenvalue weighted by molar-refractivity contribution is 0.113. The predicted octanol–water partition coefficient (Wildman–Crippen LogP) is 3.05. The summed E-state index contributed by atoms with van der Waals surface area (Å²) in [7, 11) is 1.69. The molecule has 0 saturated heterocycles. The third-order valence-corrected chi connectivity index (χ3v) is 4.13. The number of aliphatic hydroxyl groups excluding tert-OH is 1. The second-order valence-corrected chi connectivity index (χ2v) is 5.09. The Morgan fingerprint density at radius 3 is 2.33 bits per heavy atom. The zero-order valence-electron chi connectivity index (χ0n) is 12.2. The van der Waals surface area contributed by atoms with Crippen molar-refractivity contribution in [1.29, 1.82) is 0 Å². The first-order chi connectivity index (χ1) is 8.53. The van der Waals surface area contributed by atoms with Crippen LogP contribution in [0, 0.1) is 19.3 Å². The number of aryl methyl sites for hydroxylation is 1. The molecule has 102 valence electrons. The van der Waals surface area contributed by atoms with E-state index < -0.39 is 0 Å². The highest BCUT2D eigenvalue weighted by molar-refractivity contribution is 5.41. The van der Waals surface area contributed by atoms with Crippen molar-refractivity contribution >= 4 is 0 Å². The maximum Gasteiger partial charge on any atom is 0.128 e. The Labute approximate surface area is 110 Å². The molecule has 0 fully saturated rings. The molecule has 0 saturated carbocycles. The average molecular weight is 251 g/mol. The van der Waals surface area contributed by atoms with Gasteiger partial charge in [-0.05, 0) is 38.5 Å². The monoisotopic (exact) mass is 251 g/mol. The van der Waals surface area contributed by atoms with E-state index in [1.165, 1.54) is 0 Å². The van der Waals surface area contributed by atoms with Crippen molar-refractivity contribution in [2.45, 2.75) is 47.0 Å². The normalized spacial score (nSPS) is 11.7. The zero-order valence-corrected chi connectivity index (χ0v) is 12.2. The Bertz CT molecular complexity index is 389. The van der Waals surface area contributed by atoms with E-state index in [2.05, 4.69) is 18.8 Å². The molecular formula is C15H25NO2. The third kappa shape index (κ3) is 2.83. The molecule has 0 bridgehead atoms. The van der Waals surface area contributed by atoms with Crippen molar-refractivity contribution in [2.24, 2.45) is 5.41 Å². The molecule has 1 heterocycles. The second kappa shape index (κ2) is 6.19. The molecule has 0 aliphatic rings. The molecule has 0 unspecified atom stereocenters. The summed E-state index contributed by atoms with van der Waals surface area (Å²) in [4.78, 5) is 4.52. The van der Waals surface area contributed by atoms with Gasteiger partial charge in [-0.1, -0.05) is 13.8 Å². The third-order valence-electron chi connectivity index (χ3n) is 4.13. The summed E-state index contributed by atoms with van der Waals surface area (Å²) in [5.74, 6) is 0.916. The maximum absolute atomic E-state index is 9.65. The molecule has 1 rings (SSSR count). The first kappa shape index (κ1) is 15.0. The van der Waals surface area contributed by atoms with Gasteiger partial charge in [-0.3, -0.25) is 4.98 Å². The number of hydrogen-bond acceptors (Lipinski definition) is 3. The Balaban J connectivity index is 3.11. The topological polar surface area (TPSA) is 42.4 Å². The molecule has 0 aliphatic carbocycles. The fraction of sp³-hybridized carbons (Fsp3) is 0.667.